The second kappa shape index (κ2) is 12.4. The van der Waals surface area contributed by atoms with E-state index in [4.69, 9.17) is 14.8 Å². The summed E-state index contributed by atoms with van der Waals surface area (Å²) in [7, 11) is 2.16. The van der Waals surface area contributed by atoms with Crippen molar-refractivity contribution < 1.29 is 9.53 Å². The lowest BCUT2D eigenvalue weighted by Crippen LogP contribution is -2.49. The van der Waals surface area contributed by atoms with Crippen LogP contribution < -0.4 is 10.2 Å². The van der Waals surface area contributed by atoms with E-state index in [0.29, 0.717) is 38.3 Å². The van der Waals surface area contributed by atoms with Crippen molar-refractivity contribution in [1.29, 1.82) is 5.26 Å². The number of carbonyl (C=O) groups excluding carboxylic acids is 1. The summed E-state index contributed by atoms with van der Waals surface area (Å²) in [6, 6.07) is 16.8. The van der Waals surface area contributed by atoms with Gasteiger partial charge in [-0.05, 0) is 58.9 Å². The van der Waals surface area contributed by atoms with Crippen molar-refractivity contribution in [3.05, 3.63) is 61.1 Å². The van der Waals surface area contributed by atoms with E-state index in [0.717, 1.165) is 53.9 Å². The Labute approximate surface area is 264 Å². The Kier molecular flexibility index (Phi) is 8.34. The van der Waals surface area contributed by atoms with Crippen LogP contribution in [-0.2, 0) is 10.3 Å². The van der Waals surface area contributed by atoms with Gasteiger partial charge in [-0.3, -0.25) is 4.68 Å². The van der Waals surface area contributed by atoms with E-state index >= 15 is 0 Å². The lowest BCUT2D eigenvalue weighted by Gasteiger charge is -2.41. The van der Waals surface area contributed by atoms with Crippen LogP contribution in [0, 0.1) is 11.3 Å². The van der Waals surface area contributed by atoms with Crippen LogP contribution in [0.4, 0.5) is 22.1 Å². The standard InChI is InChI=1S/C34H41N9O2/c1-33(2,3)45-32(44)42-15-12-34(11-14-35,13-16-42)43-24-26(23-37-43)29-10-5-7-25-22-36-31(39-30(25)29)38-27-8-6-9-28(21-27)41-19-17-40(4)18-20-41/h5-10,21-24H,11-13,15-20H2,1-4H3,(H,36,38,39). The first-order chi connectivity index (χ1) is 21.6. The van der Waals surface area contributed by atoms with E-state index in [-0.39, 0.29) is 6.09 Å². The van der Waals surface area contributed by atoms with Gasteiger partial charge in [0, 0.05) is 79.6 Å². The number of likely N-dealkylation sites (N-methyl/N-ethyl adjacent to an activating group) is 1. The predicted octanol–water partition coefficient (Wildman–Crippen LogP) is 5.63. The molecule has 45 heavy (non-hydrogen) atoms. The number of ether oxygens (including phenoxy) is 1. The Morgan fingerprint density at radius 3 is 2.53 bits per heavy atom. The molecule has 0 atom stereocenters. The van der Waals surface area contributed by atoms with Gasteiger partial charge >= 0.3 is 6.09 Å². The fourth-order valence-corrected chi connectivity index (χ4v) is 6.11. The first-order valence-corrected chi connectivity index (χ1v) is 15.6. The second-order valence-corrected chi connectivity index (χ2v) is 13.1. The molecular weight excluding hydrogens is 566 g/mol. The molecule has 0 saturated carbocycles. The SMILES string of the molecule is CN1CCN(c2cccc(Nc3ncc4cccc(-c5cnn(C6(CC#N)CCN(C(=O)OC(C)(C)C)CC6)c5)c4n3)c2)CC1. The van der Waals surface area contributed by atoms with E-state index < -0.39 is 11.1 Å². The summed E-state index contributed by atoms with van der Waals surface area (Å²) in [5, 5.41) is 18.9. The lowest BCUT2D eigenvalue weighted by molar-refractivity contribution is 0.0105. The van der Waals surface area contributed by atoms with Gasteiger partial charge in [-0.2, -0.15) is 10.4 Å². The molecule has 4 heterocycles. The third-order valence-corrected chi connectivity index (χ3v) is 8.72. The Bertz CT molecular complexity index is 1700. The fourth-order valence-electron chi connectivity index (χ4n) is 6.11. The molecule has 11 heteroatoms. The molecule has 1 N–H and O–H groups in total. The number of fused-ring (bicyclic) bond motifs is 1. The lowest BCUT2D eigenvalue weighted by atomic mass is 9.85. The summed E-state index contributed by atoms with van der Waals surface area (Å²) in [5.74, 6) is 0.522. The normalized spacial score (nSPS) is 17.2. The van der Waals surface area contributed by atoms with Crippen LogP contribution in [0.3, 0.4) is 0 Å². The number of likely N-dealkylation sites (tertiary alicyclic amines) is 1. The number of aromatic nitrogens is 4. The molecule has 6 rings (SSSR count). The molecule has 0 bridgehead atoms. The molecule has 234 valence electrons. The summed E-state index contributed by atoms with van der Waals surface area (Å²) >= 11 is 0. The minimum atomic E-state index is -0.554. The molecule has 11 nitrogen and oxygen atoms in total. The molecule has 2 aliphatic rings. The van der Waals surface area contributed by atoms with Crippen molar-refractivity contribution in [1.82, 2.24) is 29.5 Å². The quantitative estimate of drug-likeness (QED) is 0.298. The molecule has 0 unspecified atom stereocenters. The zero-order chi connectivity index (χ0) is 31.6. The molecule has 2 saturated heterocycles. The largest absolute Gasteiger partial charge is 0.444 e. The van der Waals surface area contributed by atoms with Gasteiger partial charge in [-0.25, -0.2) is 14.8 Å². The predicted molar refractivity (Wildman–Crippen MR) is 175 cm³/mol. The highest BCUT2D eigenvalue weighted by molar-refractivity contribution is 5.93. The minimum Gasteiger partial charge on any atom is -0.444 e. The number of benzene rings is 2. The van der Waals surface area contributed by atoms with Gasteiger partial charge in [0.2, 0.25) is 5.95 Å². The maximum Gasteiger partial charge on any atom is 0.410 e. The Hall–Kier alpha value is -4.69. The van der Waals surface area contributed by atoms with Crippen molar-refractivity contribution in [3.63, 3.8) is 0 Å². The van der Waals surface area contributed by atoms with Gasteiger partial charge in [0.25, 0.3) is 0 Å². The highest BCUT2D eigenvalue weighted by atomic mass is 16.6. The van der Waals surface area contributed by atoms with Crippen LogP contribution in [0.15, 0.2) is 61.1 Å². The van der Waals surface area contributed by atoms with Crippen LogP contribution in [0.2, 0.25) is 0 Å². The van der Waals surface area contributed by atoms with Gasteiger partial charge in [0.1, 0.15) is 5.60 Å². The number of piperazine rings is 1. The van der Waals surface area contributed by atoms with Crippen LogP contribution in [-0.4, -0.2) is 87.6 Å². The highest BCUT2D eigenvalue weighted by Gasteiger charge is 2.39. The number of para-hydroxylation sites is 1. The zero-order valence-electron chi connectivity index (χ0n) is 26.5. The van der Waals surface area contributed by atoms with Crippen molar-refractivity contribution in [2.75, 3.05) is 56.5 Å². The number of nitrogens with one attached hydrogen (secondary N) is 1. The van der Waals surface area contributed by atoms with Gasteiger partial charge in [-0.1, -0.05) is 24.3 Å². The number of nitrogens with zero attached hydrogens (tertiary/aromatic N) is 8. The Morgan fingerprint density at radius 1 is 1.04 bits per heavy atom. The number of hydrogen-bond acceptors (Lipinski definition) is 9. The first kappa shape index (κ1) is 30.3. The number of nitriles is 1. The van der Waals surface area contributed by atoms with E-state index in [2.05, 4.69) is 51.4 Å². The van der Waals surface area contributed by atoms with Crippen molar-refractivity contribution in [3.8, 4) is 17.2 Å². The summed E-state index contributed by atoms with van der Waals surface area (Å²) in [5.41, 5.74) is 3.73. The molecule has 0 aliphatic carbocycles. The number of piperidine rings is 1. The third-order valence-electron chi connectivity index (χ3n) is 8.72. The zero-order valence-corrected chi connectivity index (χ0v) is 26.5. The van der Waals surface area contributed by atoms with Gasteiger partial charge in [-0.15, -0.1) is 0 Å². The minimum absolute atomic E-state index is 0.301. The number of anilines is 3. The van der Waals surface area contributed by atoms with Crippen molar-refractivity contribution in [2.45, 2.75) is 51.2 Å². The maximum atomic E-state index is 12.7. The second-order valence-electron chi connectivity index (χ2n) is 13.1. The third kappa shape index (κ3) is 6.71. The van der Waals surface area contributed by atoms with Gasteiger partial charge in [0.05, 0.1) is 29.7 Å². The molecule has 1 amide bonds. The van der Waals surface area contributed by atoms with Gasteiger partial charge < -0.3 is 24.8 Å². The first-order valence-electron chi connectivity index (χ1n) is 15.6. The molecule has 0 spiro atoms. The van der Waals surface area contributed by atoms with Crippen LogP contribution in [0.1, 0.15) is 40.0 Å². The molecule has 2 fully saturated rings. The highest BCUT2D eigenvalue weighted by Crippen LogP contribution is 2.36. The molecule has 0 radical (unpaired) electrons. The topological polar surface area (TPSA) is 115 Å². The molecule has 2 aromatic carbocycles. The summed E-state index contributed by atoms with van der Waals surface area (Å²) in [6.07, 6.45) is 6.88. The average Bonchev–Trinajstić information content (AvgIpc) is 3.52. The molecule has 2 aliphatic heterocycles. The van der Waals surface area contributed by atoms with E-state index in [1.54, 1.807) is 4.90 Å². The number of amides is 1. The number of carbonyl (C=O) groups is 1. The summed E-state index contributed by atoms with van der Waals surface area (Å²) in [4.78, 5) is 28.7. The maximum absolute atomic E-state index is 12.7. The van der Waals surface area contributed by atoms with Gasteiger partial charge in [0.15, 0.2) is 0 Å². The number of hydrogen-bond donors (Lipinski definition) is 1. The fraction of sp³-hybridized carbons (Fsp3) is 0.441. The summed E-state index contributed by atoms with van der Waals surface area (Å²) in [6.45, 7) is 10.7. The van der Waals surface area contributed by atoms with E-state index in [9.17, 15) is 10.1 Å². The molecule has 4 aromatic rings. The van der Waals surface area contributed by atoms with Crippen LogP contribution >= 0.6 is 0 Å². The molecule has 2 aromatic heterocycles. The average molecular weight is 608 g/mol. The number of rotatable bonds is 6. The monoisotopic (exact) mass is 607 g/mol. The smallest absolute Gasteiger partial charge is 0.410 e. The van der Waals surface area contributed by atoms with Crippen LogP contribution in [0.25, 0.3) is 22.0 Å². The van der Waals surface area contributed by atoms with E-state index in [1.165, 1.54) is 5.69 Å². The van der Waals surface area contributed by atoms with Crippen molar-refractivity contribution in [2.24, 2.45) is 0 Å². The molecular formula is C34H41N9O2. The Balaban J connectivity index is 1.23. The Morgan fingerprint density at radius 2 is 1.80 bits per heavy atom. The van der Waals surface area contributed by atoms with E-state index in [1.807, 2.05) is 68.3 Å². The van der Waals surface area contributed by atoms with Crippen molar-refractivity contribution >= 4 is 34.3 Å². The summed E-state index contributed by atoms with van der Waals surface area (Å²) < 4.78 is 7.49. The van der Waals surface area contributed by atoms with Crippen LogP contribution in [0.5, 0.6) is 0 Å².